The quantitative estimate of drug-likeness (QED) is 0.482. The molecule has 1 aliphatic rings. The van der Waals surface area contributed by atoms with Crippen molar-refractivity contribution in [2.24, 2.45) is 0 Å². The third-order valence-corrected chi connectivity index (χ3v) is 6.92. The van der Waals surface area contributed by atoms with Crippen LogP contribution in [0.4, 0.5) is 24.5 Å². The molecule has 5 nitrogen and oxygen atoms in total. The van der Waals surface area contributed by atoms with Crippen molar-refractivity contribution < 1.29 is 18.0 Å². The summed E-state index contributed by atoms with van der Waals surface area (Å²) in [7, 11) is 3.53. The second-order valence-electron chi connectivity index (χ2n) is 9.41. The van der Waals surface area contributed by atoms with Crippen LogP contribution >= 0.6 is 12.2 Å². The number of hydrogen-bond acceptors (Lipinski definition) is 4. The van der Waals surface area contributed by atoms with E-state index >= 15 is 0 Å². The van der Waals surface area contributed by atoms with E-state index in [2.05, 4.69) is 24.1 Å². The van der Waals surface area contributed by atoms with Crippen LogP contribution in [0.3, 0.4) is 0 Å². The van der Waals surface area contributed by atoms with Gasteiger partial charge < -0.3 is 14.7 Å². The van der Waals surface area contributed by atoms with E-state index in [4.69, 9.17) is 17.5 Å². The molecule has 0 N–H and O–H groups in total. The Morgan fingerprint density at radius 3 is 2.20 bits per heavy atom. The second-order valence-corrected chi connectivity index (χ2v) is 9.62. The fourth-order valence-electron chi connectivity index (χ4n) is 4.47. The molecule has 2 aromatic rings. The van der Waals surface area contributed by atoms with Gasteiger partial charge in [0.05, 0.1) is 22.7 Å². The summed E-state index contributed by atoms with van der Waals surface area (Å²) in [5, 5.41) is 9.04. The average Bonchev–Trinajstić information content (AvgIpc) is 2.83. The number of nitriles is 1. The molecule has 9 heteroatoms. The van der Waals surface area contributed by atoms with Crippen molar-refractivity contribution in [1.82, 2.24) is 4.90 Å². The smallest absolute Gasteiger partial charge is 0.324 e. The number of benzene rings is 2. The maximum absolute atomic E-state index is 13.5. The number of hydrogen-bond donors (Lipinski definition) is 0. The summed E-state index contributed by atoms with van der Waals surface area (Å²) in [6.07, 6.45) is -2.53. The lowest BCUT2D eigenvalue weighted by Gasteiger charge is -2.38. The fourth-order valence-corrected chi connectivity index (χ4v) is 4.85. The van der Waals surface area contributed by atoms with Gasteiger partial charge in [-0.2, -0.15) is 18.4 Å². The summed E-state index contributed by atoms with van der Waals surface area (Å²) in [6, 6.07) is 12.7. The molecule has 0 radical (unpaired) electrons. The van der Waals surface area contributed by atoms with Crippen LogP contribution in [0.1, 0.15) is 49.3 Å². The zero-order chi connectivity index (χ0) is 26.0. The van der Waals surface area contributed by atoms with Crippen molar-refractivity contribution in [3.05, 3.63) is 59.2 Å². The van der Waals surface area contributed by atoms with Crippen LogP contribution in [0, 0.1) is 11.3 Å². The molecule has 1 saturated heterocycles. The number of carbonyl (C=O) groups excluding carboxylic acids is 1. The number of anilines is 2. The zero-order valence-corrected chi connectivity index (χ0v) is 21.1. The van der Waals surface area contributed by atoms with Crippen LogP contribution in [-0.2, 0) is 11.0 Å². The van der Waals surface area contributed by atoms with Crippen LogP contribution in [0.2, 0.25) is 0 Å². The maximum Gasteiger partial charge on any atom is 0.417 e. The molecule has 2 aromatic carbocycles. The van der Waals surface area contributed by atoms with Gasteiger partial charge in [0.15, 0.2) is 0 Å². The van der Waals surface area contributed by atoms with Gasteiger partial charge in [-0.3, -0.25) is 4.79 Å². The van der Waals surface area contributed by atoms with Crippen LogP contribution in [0.25, 0.3) is 0 Å². The number of thiocarbonyl (C=S) groups is 1. The summed E-state index contributed by atoms with van der Waals surface area (Å²) in [5.41, 5.74) is 0.631. The summed E-state index contributed by atoms with van der Waals surface area (Å²) in [5.74, 6) is 0.0389. The Hall–Kier alpha value is -2.96. The Labute approximate surface area is 209 Å². The van der Waals surface area contributed by atoms with Gasteiger partial charge in [0.2, 0.25) is 0 Å². The van der Waals surface area contributed by atoms with E-state index < -0.39 is 28.7 Å². The van der Waals surface area contributed by atoms with Gasteiger partial charge in [-0.1, -0.05) is 24.4 Å². The van der Waals surface area contributed by atoms with Crippen LogP contribution in [0.15, 0.2) is 42.5 Å². The van der Waals surface area contributed by atoms with Gasteiger partial charge in [0, 0.05) is 18.4 Å². The molecule has 0 aromatic heterocycles. The number of nitrogens with zero attached hydrogens (tertiary/aromatic N) is 4. The molecule has 0 aliphatic carbocycles. The molecular weight excluding hydrogens is 473 g/mol. The topological polar surface area (TPSA) is 50.6 Å². The van der Waals surface area contributed by atoms with E-state index in [-0.39, 0.29) is 5.69 Å². The maximum atomic E-state index is 13.5. The lowest BCUT2D eigenvalue weighted by Crippen LogP contribution is -2.55. The Bertz CT molecular complexity index is 1120. The van der Waals surface area contributed by atoms with Gasteiger partial charge >= 0.3 is 6.18 Å². The largest absolute Gasteiger partial charge is 0.417 e. The SMILES string of the molecule is CN1CCC(c2ccc(N(C=S)C(C)(C)C(=O)N(C)c3ccc(C#N)c(C(F)(F)F)c3)cc2)CC1. The van der Waals surface area contributed by atoms with Crippen molar-refractivity contribution >= 4 is 35.0 Å². The van der Waals surface area contributed by atoms with Gasteiger partial charge in [-0.15, -0.1) is 0 Å². The molecule has 0 bridgehead atoms. The first-order valence-electron chi connectivity index (χ1n) is 11.3. The molecule has 0 unspecified atom stereocenters. The van der Waals surface area contributed by atoms with E-state index in [0.29, 0.717) is 5.92 Å². The molecule has 35 heavy (non-hydrogen) atoms. The van der Waals surface area contributed by atoms with E-state index in [1.54, 1.807) is 24.8 Å². The number of halogens is 3. The summed E-state index contributed by atoms with van der Waals surface area (Å²) < 4.78 is 40.3. The summed E-state index contributed by atoms with van der Waals surface area (Å²) >= 11 is 5.24. The van der Waals surface area contributed by atoms with Crippen LogP contribution in [-0.4, -0.2) is 49.0 Å². The highest BCUT2D eigenvalue weighted by molar-refractivity contribution is 7.79. The standard InChI is InChI=1S/C26H29F3N4OS/c1-25(2,24(34)32(4)22-10-7-20(16-30)23(15-22)26(27,28)29)33(17-35)21-8-5-18(6-9-21)19-11-13-31(3)14-12-19/h5-10,15,17,19H,11-14H2,1-4H3. The van der Waals surface area contributed by atoms with Crippen LogP contribution in [0.5, 0.6) is 0 Å². The van der Waals surface area contributed by atoms with E-state index in [0.717, 1.165) is 48.7 Å². The highest BCUT2D eigenvalue weighted by Crippen LogP contribution is 2.35. The monoisotopic (exact) mass is 502 g/mol. The molecule has 0 atom stereocenters. The molecule has 1 amide bonds. The Morgan fingerprint density at radius 2 is 1.69 bits per heavy atom. The third-order valence-electron chi connectivity index (χ3n) is 6.71. The number of rotatable bonds is 6. The molecule has 1 fully saturated rings. The molecular formula is C26H29F3N4OS. The van der Waals surface area contributed by atoms with Crippen molar-refractivity contribution in [2.45, 2.75) is 44.3 Å². The number of alkyl halides is 3. The van der Waals surface area contributed by atoms with Crippen LogP contribution < -0.4 is 9.80 Å². The third kappa shape index (κ3) is 5.65. The number of amides is 1. The number of piperidine rings is 1. The summed E-state index contributed by atoms with van der Waals surface area (Å²) in [4.78, 5) is 18.6. The lowest BCUT2D eigenvalue weighted by molar-refractivity contribution is -0.137. The normalized spacial score (nSPS) is 15.4. The number of likely N-dealkylation sites (tertiary alicyclic amines) is 1. The van der Waals surface area contributed by atoms with Crippen molar-refractivity contribution in [1.29, 1.82) is 5.26 Å². The predicted octanol–water partition coefficient (Wildman–Crippen LogP) is 5.59. The van der Waals surface area contributed by atoms with E-state index in [1.165, 1.54) is 24.2 Å². The van der Waals surface area contributed by atoms with E-state index in [1.807, 2.05) is 12.1 Å². The first kappa shape index (κ1) is 26.6. The molecule has 186 valence electrons. The fraction of sp³-hybridized carbons (Fsp3) is 0.423. The minimum absolute atomic E-state index is 0.0383. The zero-order valence-electron chi connectivity index (χ0n) is 20.3. The lowest BCUT2D eigenvalue weighted by atomic mass is 9.89. The van der Waals surface area contributed by atoms with Gasteiger partial charge in [-0.05, 0) is 88.6 Å². The molecule has 3 rings (SSSR count). The van der Waals surface area contributed by atoms with Crippen molar-refractivity contribution in [3.63, 3.8) is 0 Å². The van der Waals surface area contributed by atoms with Crippen molar-refractivity contribution in [2.75, 3.05) is 37.0 Å². The predicted molar refractivity (Wildman–Crippen MR) is 136 cm³/mol. The van der Waals surface area contributed by atoms with E-state index in [9.17, 15) is 18.0 Å². The molecule has 0 spiro atoms. The first-order chi connectivity index (χ1) is 16.4. The van der Waals surface area contributed by atoms with Gasteiger partial charge in [-0.25, -0.2) is 0 Å². The average molecular weight is 503 g/mol. The highest BCUT2D eigenvalue weighted by atomic mass is 32.1. The van der Waals surface area contributed by atoms with Crippen molar-refractivity contribution in [3.8, 4) is 6.07 Å². The number of likely N-dealkylation sites (N-methyl/N-ethyl adjacent to an activating group) is 1. The Kier molecular flexibility index (Phi) is 7.87. The second kappa shape index (κ2) is 10.3. The molecule has 1 heterocycles. The Balaban J connectivity index is 1.85. The number of carbonyl (C=O) groups is 1. The highest BCUT2D eigenvalue weighted by Gasteiger charge is 2.39. The minimum atomic E-state index is -4.71. The first-order valence-corrected chi connectivity index (χ1v) is 11.8. The Morgan fingerprint density at radius 1 is 1.11 bits per heavy atom. The summed E-state index contributed by atoms with van der Waals surface area (Å²) in [6.45, 7) is 5.46. The van der Waals surface area contributed by atoms with Gasteiger partial charge in [0.1, 0.15) is 5.54 Å². The molecule has 0 saturated carbocycles. The minimum Gasteiger partial charge on any atom is -0.324 e. The van der Waals surface area contributed by atoms with Gasteiger partial charge in [0.25, 0.3) is 5.91 Å². The molecule has 1 aliphatic heterocycles.